The van der Waals surface area contributed by atoms with E-state index < -0.39 is 0 Å². The van der Waals surface area contributed by atoms with E-state index in [1.807, 2.05) is 25.1 Å². The fourth-order valence-electron chi connectivity index (χ4n) is 1.38. The largest absolute Gasteiger partial charge is 0.396 e. The van der Waals surface area contributed by atoms with Gasteiger partial charge in [-0.3, -0.25) is 4.79 Å². The smallest absolute Gasteiger partial charge is 0.244 e. The van der Waals surface area contributed by atoms with Crippen molar-refractivity contribution in [2.24, 2.45) is 0 Å². The summed E-state index contributed by atoms with van der Waals surface area (Å²) in [5.41, 5.74) is 0. The van der Waals surface area contributed by atoms with Crippen LogP contribution < -0.4 is 5.32 Å². The Morgan fingerprint density at radius 2 is 2.24 bits per heavy atom. The summed E-state index contributed by atoms with van der Waals surface area (Å²) in [6, 6.07) is 4.04. The first kappa shape index (κ1) is 13.9. The molecule has 0 fully saturated rings. The minimum atomic E-state index is -0.0555. The molecule has 0 unspecified atom stereocenters. The van der Waals surface area contributed by atoms with E-state index in [0.29, 0.717) is 6.54 Å². The van der Waals surface area contributed by atoms with Crippen molar-refractivity contribution < 1.29 is 9.90 Å². The maximum Gasteiger partial charge on any atom is 0.244 e. The van der Waals surface area contributed by atoms with Gasteiger partial charge >= 0.3 is 0 Å². The predicted molar refractivity (Wildman–Crippen MR) is 72.0 cm³/mol. The maximum atomic E-state index is 11.4. The molecule has 17 heavy (non-hydrogen) atoms. The SMILES string of the molecule is Cc1ccc(/C=C/C(=O)NCCCCCO)s1. The average Bonchev–Trinajstić information content (AvgIpc) is 2.72. The molecule has 0 saturated carbocycles. The summed E-state index contributed by atoms with van der Waals surface area (Å²) in [4.78, 5) is 13.8. The van der Waals surface area contributed by atoms with Crippen molar-refractivity contribution in [3.05, 3.63) is 28.0 Å². The summed E-state index contributed by atoms with van der Waals surface area (Å²) in [6.07, 6.45) is 6.07. The average molecular weight is 253 g/mol. The van der Waals surface area contributed by atoms with E-state index in [-0.39, 0.29) is 12.5 Å². The number of aryl methyl sites for hydroxylation is 1. The van der Waals surface area contributed by atoms with Gasteiger partial charge in [-0.15, -0.1) is 11.3 Å². The van der Waals surface area contributed by atoms with Crippen LogP contribution in [0.1, 0.15) is 29.0 Å². The van der Waals surface area contributed by atoms with Crippen molar-refractivity contribution in [3.63, 3.8) is 0 Å². The van der Waals surface area contributed by atoms with E-state index in [1.165, 1.54) is 4.88 Å². The Morgan fingerprint density at radius 3 is 2.88 bits per heavy atom. The minimum Gasteiger partial charge on any atom is -0.396 e. The van der Waals surface area contributed by atoms with Crippen LogP contribution in [0.3, 0.4) is 0 Å². The van der Waals surface area contributed by atoms with Gasteiger partial charge in [0.05, 0.1) is 0 Å². The molecule has 1 rings (SSSR count). The molecule has 0 aromatic carbocycles. The van der Waals surface area contributed by atoms with E-state index >= 15 is 0 Å². The highest BCUT2D eigenvalue weighted by atomic mass is 32.1. The number of unbranched alkanes of at least 4 members (excludes halogenated alkanes) is 2. The number of amides is 1. The molecule has 0 atom stereocenters. The second kappa shape index (κ2) is 8.03. The normalized spacial score (nSPS) is 10.9. The topological polar surface area (TPSA) is 49.3 Å². The number of carbonyl (C=O) groups excluding carboxylic acids is 1. The molecular formula is C13H19NO2S. The van der Waals surface area contributed by atoms with Crippen LogP contribution in [-0.2, 0) is 4.79 Å². The second-order valence-corrected chi connectivity index (χ2v) is 5.18. The van der Waals surface area contributed by atoms with Crippen LogP contribution in [0.4, 0.5) is 0 Å². The van der Waals surface area contributed by atoms with Crippen LogP contribution in [-0.4, -0.2) is 24.2 Å². The number of hydrogen-bond donors (Lipinski definition) is 2. The Morgan fingerprint density at radius 1 is 1.41 bits per heavy atom. The van der Waals surface area contributed by atoms with Crippen LogP contribution in [0.2, 0.25) is 0 Å². The van der Waals surface area contributed by atoms with E-state index in [1.54, 1.807) is 17.4 Å². The van der Waals surface area contributed by atoms with Crippen molar-refractivity contribution in [3.8, 4) is 0 Å². The minimum absolute atomic E-state index is 0.0555. The van der Waals surface area contributed by atoms with E-state index in [0.717, 1.165) is 24.1 Å². The lowest BCUT2D eigenvalue weighted by atomic mass is 10.2. The maximum absolute atomic E-state index is 11.4. The Bertz CT molecular complexity index is 371. The van der Waals surface area contributed by atoms with Crippen LogP contribution in [0.25, 0.3) is 6.08 Å². The van der Waals surface area contributed by atoms with Crippen LogP contribution in [0, 0.1) is 6.92 Å². The third-order valence-corrected chi connectivity index (χ3v) is 3.26. The van der Waals surface area contributed by atoms with Gasteiger partial charge in [0.1, 0.15) is 0 Å². The summed E-state index contributed by atoms with van der Waals surface area (Å²) in [7, 11) is 0. The fraction of sp³-hybridized carbons (Fsp3) is 0.462. The molecule has 0 aliphatic rings. The van der Waals surface area contributed by atoms with Gasteiger partial charge in [-0.2, -0.15) is 0 Å². The van der Waals surface area contributed by atoms with Crippen LogP contribution in [0.15, 0.2) is 18.2 Å². The molecule has 0 aliphatic carbocycles. The zero-order chi connectivity index (χ0) is 12.5. The van der Waals surface area contributed by atoms with Gasteiger partial charge in [0, 0.05) is 29.0 Å². The molecule has 1 heterocycles. The number of aliphatic hydroxyl groups excluding tert-OH is 1. The molecule has 94 valence electrons. The summed E-state index contributed by atoms with van der Waals surface area (Å²) in [5.74, 6) is -0.0555. The van der Waals surface area contributed by atoms with Gasteiger partial charge in [-0.25, -0.2) is 0 Å². The molecule has 0 spiro atoms. The second-order valence-electron chi connectivity index (χ2n) is 3.86. The van der Waals surface area contributed by atoms with Gasteiger partial charge < -0.3 is 10.4 Å². The van der Waals surface area contributed by atoms with E-state index in [4.69, 9.17) is 5.11 Å². The highest BCUT2D eigenvalue weighted by Crippen LogP contribution is 2.16. The molecule has 2 N–H and O–H groups in total. The lowest BCUT2D eigenvalue weighted by Gasteiger charge is -2.00. The van der Waals surface area contributed by atoms with Gasteiger partial charge in [0.15, 0.2) is 0 Å². The molecule has 0 radical (unpaired) electrons. The van der Waals surface area contributed by atoms with E-state index in [2.05, 4.69) is 5.32 Å². The summed E-state index contributed by atoms with van der Waals surface area (Å²) in [5, 5.41) is 11.4. The quantitative estimate of drug-likeness (QED) is 0.579. The van der Waals surface area contributed by atoms with Gasteiger partial charge in [0.2, 0.25) is 5.91 Å². The molecule has 3 nitrogen and oxygen atoms in total. The lowest BCUT2D eigenvalue weighted by Crippen LogP contribution is -2.21. The molecular weight excluding hydrogens is 234 g/mol. The summed E-state index contributed by atoms with van der Waals surface area (Å²) >= 11 is 1.67. The van der Waals surface area contributed by atoms with E-state index in [9.17, 15) is 4.79 Å². The number of thiophene rings is 1. The fourth-order valence-corrected chi connectivity index (χ4v) is 2.16. The number of carbonyl (C=O) groups is 1. The third kappa shape index (κ3) is 6.24. The van der Waals surface area contributed by atoms with Crippen molar-refractivity contribution in [1.29, 1.82) is 0 Å². The van der Waals surface area contributed by atoms with Gasteiger partial charge in [-0.05, 0) is 44.4 Å². The first-order chi connectivity index (χ1) is 8.22. The Labute approximate surface area is 106 Å². The van der Waals surface area contributed by atoms with Gasteiger partial charge in [-0.1, -0.05) is 0 Å². The van der Waals surface area contributed by atoms with Crippen LogP contribution in [0.5, 0.6) is 0 Å². The Kier molecular flexibility index (Phi) is 6.58. The number of nitrogens with one attached hydrogen (secondary N) is 1. The lowest BCUT2D eigenvalue weighted by molar-refractivity contribution is -0.116. The summed E-state index contributed by atoms with van der Waals surface area (Å²) < 4.78 is 0. The Balaban J connectivity index is 2.18. The Hall–Kier alpha value is -1.13. The molecule has 4 heteroatoms. The highest BCUT2D eigenvalue weighted by molar-refractivity contribution is 7.12. The molecule has 0 aliphatic heterocycles. The third-order valence-electron chi connectivity index (χ3n) is 2.29. The van der Waals surface area contributed by atoms with Crippen molar-refractivity contribution >= 4 is 23.3 Å². The molecule has 1 aromatic rings. The first-order valence-electron chi connectivity index (χ1n) is 5.85. The zero-order valence-electron chi connectivity index (χ0n) is 10.1. The highest BCUT2D eigenvalue weighted by Gasteiger charge is 1.96. The summed E-state index contributed by atoms with van der Waals surface area (Å²) in [6.45, 7) is 2.95. The first-order valence-corrected chi connectivity index (χ1v) is 6.67. The molecule has 0 bridgehead atoms. The van der Waals surface area contributed by atoms with Crippen molar-refractivity contribution in [1.82, 2.24) is 5.32 Å². The molecule has 0 saturated heterocycles. The zero-order valence-corrected chi connectivity index (χ0v) is 10.9. The monoisotopic (exact) mass is 253 g/mol. The number of aliphatic hydroxyl groups is 1. The number of hydrogen-bond acceptors (Lipinski definition) is 3. The number of rotatable bonds is 7. The van der Waals surface area contributed by atoms with Crippen molar-refractivity contribution in [2.45, 2.75) is 26.2 Å². The molecule has 1 amide bonds. The standard InChI is InChI=1S/C13H19NO2S/c1-11-5-6-12(17-11)7-8-13(16)14-9-3-2-4-10-15/h5-8,15H,2-4,9-10H2,1H3,(H,14,16)/b8-7+. The predicted octanol–water partition coefficient (Wildman–Crippen LogP) is 2.35. The molecule has 1 aromatic heterocycles. The van der Waals surface area contributed by atoms with Crippen molar-refractivity contribution in [2.75, 3.05) is 13.2 Å². The van der Waals surface area contributed by atoms with Crippen LogP contribution >= 0.6 is 11.3 Å². The van der Waals surface area contributed by atoms with Gasteiger partial charge in [0.25, 0.3) is 0 Å².